The average Bonchev–Trinajstić information content (AvgIpc) is 3.36. The Kier molecular flexibility index (Phi) is 4.36. The fourth-order valence-corrected chi connectivity index (χ4v) is 4.36. The number of H-pyrrole nitrogens is 2. The van der Waals surface area contributed by atoms with Crippen molar-refractivity contribution in [3.05, 3.63) is 101 Å². The van der Waals surface area contributed by atoms with Crippen LogP contribution in [-0.2, 0) is 0 Å². The van der Waals surface area contributed by atoms with Crippen molar-refractivity contribution >= 4 is 21.8 Å². The maximum Gasteiger partial charge on any atom is 0.122 e. The van der Waals surface area contributed by atoms with Gasteiger partial charge >= 0.3 is 0 Å². The zero-order chi connectivity index (χ0) is 19.8. The summed E-state index contributed by atoms with van der Waals surface area (Å²) in [5.74, 6) is 1.07. The number of para-hydroxylation sites is 2. The van der Waals surface area contributed by atoms with Crippen molar-refractivity contribution in [2.45, 2.75) is 19.8 Å². The van der Waals surface area contributed by atoms with E-state index in [1.807, 2.05) is 6.92 Å². The third kappa shape index (κ3) is 2.99. The number of aromatic nitrogens is 2. The highest BCUT2D eigenvalue weighted by atomic mass is 16.5. The van der Waals surface area contributed by atoms with Crippen LogP contribution in [0.25, 0.3) is 21.8 Å². The molecule has 0 amide bonds. The first-order valence-corrected chi connectivity index (χ1v) is 10.1. The summed E-state index contributed by atoms with van der Waals surface area (Å²) in [4.78, 5) is 6.92. The lowest BCUT2D eigenvalue weighted by Gasteiger charge is -2.19. The van der Waals surface area contributed by atoms with Gasteiger partial charge in [-0.05, 0) is 54.3 Å². The van der Waals surface area contributed by atoms with Gasteiger partial charge in [0, 0.05) is 40.1 Å². The summed E-state index contributed by atoms with van der Waals surface area (Å²) >= 11 is 0. The molecule has 5 aromatic rings. The molecule has 3 nitrogen and oxygen atoms in total. The highest BCUT2D eigenvalue weighted by Crippen LogP contribution is 2.40. The van der Waals surface area contributed by atoms with Gasteiger partial charge in [0.05, 0.1) is 6.61 Å². The van der Waals surface area contributed by atoms with E-state index in [9.17, 15) is 0 Å². The van der Waals surface area contributed by atoms with E-state index in [1.165, 1.54) is 27.5 Å². The number of hydrogen-bond acceptors (Lipinski definition) is 1. The average molecular weight is 380 g/mol. The molecule has 0 fully saturated rings. The number of benzene rings is 3. The van der Waals surface area contributed by atoms with Gasteiger partial charge in [0.15, 0.2) is 0 Å². The molecule has 2 aromatic heterocycles. The number of nitrogens with one attached hydrogen (secondary N) is 2. The summed E-state index contributed by atoms with van der Waals surface area (Å²) in [6, 6.07) is 23.6. The molecule has 0 unspecified atom stereocenters. The molecule has 0 aliphatic rings. The fraction of sp³-hybridized carbons (Fsp3) is 0.154. The minimum atomic E-state index is 0.122. The molecule has 3 aromatic carbocycles. The molecule has 5 rings (SSSR count). The van der Waals surface area contributed by atoms with E-state index in [4.69, 9.17) is 4.74 Å². The Labute approximate surface area is 170 Å². The molecule has 0 aliphatic carbocycles. The summed E-state index contributed by atoms with van der Waals surface area (Å²) < 4.78 is 5.78. The molecule has 2 N–H and O–H groups in total. The van der Waals surface area contributed by atoms with Crippen LogP contribution in [0, 0.1) is 6.92 Å². The van der Waals surface area contributed by atoms with Crippen LogP contribution < -0.4 is 4.74 Å². The zero-order valence-electron chi connectivity index (χ0n) is 16.7. The second-order valence-corrected chi connectivity index (χ2v) is 7.47. The molecule has 0 spiro atoms. The van der Waals surface area contributed by atoms with E-state index >= 15 is 0 Å². The SMILES string of the molecule is CCOc1ccc(C(c2c[nH]c3ccccc23)c2c[nH]c3ccccc23)cc1C. The lowest BCUT2D eigenvalue weighted by molar-refractivity contribution is 0.338. The molecule has 2 heterocycles. The topological polar surface area (TPSA) is 40.8 Å². The Balaban J connectivity index is 1.75. The van der Waals surface area contributed by atoms with Crippen LogP contribution in [0.3, 0.4) is 0 Å². The number of ether oxygens (including phenoxy) is 1. The molecular formula is C26H24N2O. The van der Waals surface area contributed by atoms with Gasteiger partial charge in [-0.25, -0.2) is 0 Å². The van der Waals surface area contributed by atoms with Crippen LogP contribution in [0.5, 0.6) is 5.75 Å². The highest BCUT2D eigenvalue weighted by molar-refractivity contribution is 5.89. The molecular weight excluding hydrogens is 356 g/mol. The first kappa shape index (κ1) is 17.6. The predicted molar refractivity (Wildman–Crippen MR) is 120 cm³/mol. The predicted octanol–water partition coefficient (Wildman–Crippen LogP) is 6.54. The second kappa shape index (κ2) is 7.17. The van der Waals surface area contributed by atoms with Gasteiger partial charge in [-0.1, -0.05) is 48.5 Å². The van der Waals surface area contributed by atoms with Gasteiger partial charge in [0.1, 0.15) is 5.75 Å². The van der Waals surface area contributed by atoms with E-state index in [1.54, 1.807) is 0 Å². The summed E-state index contributed by atoms with van der Waals surface area (Å²) in [7, 11) is 0. The number of aromatic amines is 2. The number of aryl methyl sites for hydroxylation is 1. The summed E-state index contributed by atoms with van der Waals surface area (Å²) in [5.41, 5.74) is 7.32. The highest BCUT2D eigenvalue weighted by Gasteiger charge is 2.23. The lowest BCUT2D eigenvalue weighted by atomic mass is 9.84. The number of rotatable bonds is 5. The summed E-state index contributed by atoms with van der Waals surface area (Å²) in [5, 5.41) is 2.52. The zero-order valence-corrected chi connectivity index (χ0v) is 16.7. The number of hydrogen-bond donors (Lipinski definition) is 2. The van der Waals surface area contributed by atoms with Crippen molar-refractivity contribution in [2.24, 2.45) is 0 Å². The maximum absolute atomic E-state index is 5.78. The Bertz CT molecular complexity index is 1220. The molecule has 0 atom stereocenters. The molecule has 0 bridgehead atoms. The Hall–Kier alpha value is -3.46. The standard InChI is InChI=1S/C26H24N2O/c1-3-29-25-13-12-18(14-17(25)2)26(21-15-27-23-10-6-4-8-19(21)23)22-16-28-24-11-7-5-9-20(22)24/h4-16,26-28H,3H2,1-2H3. The van der Waals surface area contributed by atoms with Crippen molar-refractivity contribution < 1.29 is 4.74 Å². The van der Waals surface area contributed by atoms with Crippen LogP contribution in [0.15, 0.2) is 79.1 Å². The summed E-state index contributed by atoms with van der Waals surface area (Å²) in [6.45, 7) is 4.82. The van der Waals surface area contributed by atoms with Crippen molar-refractivity contribution in [2.75, 3.05) is 6.61 Å². The Morgan fingerprint density at radius 2 is 1.38 bits per heavy atom. The molecule has 0 saturated heterocycles. The third-order valence-electron chi connectivity index (χ3n) is 5.70. The normalized spacial score (nSPS) is 11.6. The first-order valence-electron chi connectivity index (χ1n) is 10.1. The van der Waals surface area contributed by atoms with Gasteiger partial charge in [-0.3, -0.25) is 0 Å². The molecule has 0 saturated carbocycles. The van der Waals surface area contributed by atoms with Crippen molar-refractivity contribution in [3.8, 4) is 5.75 Å². The van der Waals surface area contributed by atoms with Gasteiger partial charge in [-0.2, -0.15) is 0 Å². The molecule has 0 aliphatic heterocycles. The Morgan fingerprint density at radius 1 is 0.793 bits per heavy atom. The van der Waals surface area contributed by atoms with Crippen LogP contribution in [0.1, 0.15) is 35.1 Å². The van der Waals surface area contributed by atoms with Crippen molar-refractivity contribution in [1.82, 2.24) is 9.97 Å². The Morgan fingerprint density at radius 3 is 1.93 bits per heavy atom. The summed E-state index contributed by atoms with van der Waals surface area (Å²) in [6.07, 6.45) is 4.31. The second-order valence-electron chi connectivity index (χ2n) is 7.47. The first-order chi connectivity index (χ1) is 14.3. The van der Waals surface area contributed by atoms with Crippen LogP contribution in [0.2, 0.25) is 0 Å². The smallest absolute Gasteiger partial charge is 0.122 e. The van der Waals surface area contributed by atoms with E-state index in [2.05, 4.69) is 96.0 Å². The lowest BCUT2D eigenvalue weighted by Crippen LogP contribution is -2.04. The van der Waals surface area contributed by atoms with Gasteiger partial charge in [0.25, 0.3) is 0 Å². The quantitative estimate of drug-likeness (QED) is 0.357. The van der Waals surface area contributed by atoms with Crippen LogP contribution in [-0.4, -0.2) is 16.6 Å². The van der Waals surface area contributed by atoms with Crippen molar-refractivity contribution in [3.63, 3.8) is 0 Å². The van der Waals surface area contributed by atoms with Gasteiger partial charge in [0.2, 0.25) is 0 Å². The van der Waals surface area contributed by atoms with Crippen molar-refractivity contribution in [1.29, 1.82) is 0 Å². The van der Waals surface area contributed by atoms with E-state index in [0.29, 0.717) is 6.61 Å². The van der Waals surface area contributed by atoms with Gasteiger partial charge < -0.3 is 14.7 Å². The monoisotopic (exact) mass is 380 g/mol. The minimum Gasteiger partial charge on any atom is -0.494 e. The van der Waals surface area contributed by atoms with Gasteiger partial charge in [-0.15, -0.1) is 0 Å². The van der Waals surface area contributed by atoms with E-state index in [0.717, 1.165) is 22.3 Å². The van der Waals surface area contributed by atoms with Crippen LogP contribution in [0.4, 0.5) is 0 Å². The number of fused-ring (bicyclic) bond motifs is 2. The largest absolute Gasteiger partial charge is 0.494 e. The van der Waals surface area contributed by atoms with Crippen LogP contribution >= 0.6 is 0 Å². The molecule has 3 heteroatoms. The maximum atomic E-state index is 5.78. The minimum absolute atomic E-state index is 0.122. The molecule has 144 valence electrons. The molecule has 0 radical (unpaired) electrons. The third-order valence-corrected chi connectivity index (χ3v) is 5.70. The molecule has 29 heavy (non-hydrogen) atoms. The van der Waals surface area contributed by atoms with E-state index < -0.39 is 0 Å². The van der Waals surface area contributed by atoms with E-state index in [-0.39, 0.29) is 5.92 Å². The fourth-order valence-electron chi connectivity index (χ4n) is 4.36.